The number of likely N-dealkylation sites (tertiary alicyclic amines) is 1. The van der Waals surface area contributed by atoms with Crippen molar-refractivity contribution in [3.8, 4) is 0 Å². The molecule has 0 radical (unpaired) electrons. The number of nitrogen functional groups attached to an aromatic ring is 1. The Labute approximate surface area is 236 Å². The molecule has 2 amide bonds. The number of hydrogen-bond acceptors (Lipinski definition) is 9. The van der Waals surface area contributed by atoms with Gasteiger partial charge in [0.2, 0.25) is 0 Å². The van der Waals surface area contributed by atoms with Gasteiger partial charge in [0, 0.05) is 51.4 Å². The predicted octanol–water partition coefficient (Wildman–Crippen LogP) is 2.34. The van der Waals surface area contributed by atoms with Crippen LogP contribution in [0.5, 0.6) is 0 Å². The van der Waals surface area contributed by atoms with Gasteiger partial charge in [-0.25, -0.2) is 15.0 Å². The van der Waals surface area contributed by atoms with Crippen molar-refractivity contribution in [3.63, 3.8) is 0 Å². The molecular weight excluding hydrogens is 555 g/mol. The number of nitrogens with one attached hydrogen (secondary N) is 1. The SMILES string of the molecule is CC[C@H]1CN(c2nc(N)c(C(=O)NCCO)nc2Cl)CCN1C1CCN(C(=O)c2ccc(Cl)nc2Cl)CC1. The van der Waals surface area contributed by atoms with E-state index in [2.05, 4.69) is 37.0 Å². The number of piperidine rings is 1. The van der Waals surface area contributed by atoms with E-state index in [-0.39, 0.29) is 52.1 Å². The Balaban J connectivity index is 1.38. The van der Waals surface area contributed by atoms with Gasteiger partial charge in [-0.1, -0.05) is 41.7 Å². The highest BCUT2D eigenvalue weighted by atomic mass is 35.5. The Bertz CT molecular complexity index is 1180. The molecule has 2 aliphatic rings. The number of anilines is 2. The van der Waals surface area contributed by atoms with Crippen LogP contribution in [0.4, 0.5) is 11.6 Å². The third-order valence-electron chi connectivity index (χ3n) is 7.04. The second-order valence-corrected chi connectivity index (χ2v) is 10.4. The fourth-order valence-electron chi connectivity index (χ4n) is 5.09. The molecule has 0 bridgehead atoms. The van der Waals surface area contributed by atoms with Gasteiger partial charge in [0.05, 0.1) is 12.2 Å². The average Bonchev–Trinajstić information content (AvgIpc) is 2.92. The van der Waals surface area contributed by atoms with Crippen LogP contribution in [0.1, 0.15) is 47.0 Å². The molecule has 11 nitrogen and oxygen atoms in total. The van der Waals surface area contributed by atoms with E-state index in [9.17, 15) is 9.59 Å². The summed E-state index contributed by atoms with van der Waals surface area (Å²) in [4.78, 5) is 44.2. The molecule has 0 saturated carbocycles. The monoisotopic (exact) mass is 584 g/mol. The van der Waals surface area contributed by atoms with Crippen LogP contribution in [0.25, 0.3) is 0 Å². The maximum atomic E-state index is 13.0. The van der Waals surface area contributed by atoms with E-state index < -0.39 is 5.91 Å². The highest BCUT2D eigenvalue weighted by Gasteiger charge is 2.35. The molecule has 2 saturated heterocycles. The first kappa shape index (κ1) is 28.6. The number of carbonyl (C=O) groups excluding carboxylic acids is 2. The molecule has 1 atom stereocenters. The molecular formula is C24H31Cl3N8O3. The van der Waals surface area contributed by atoms with Crippen molar-refractivity contribution in [2.75, 3.05) is 56.5 Å². The van der Waals surface area contributed by atoms with Crippen LogP contribution >= 0.6 is 34.8 Å². The van der Waals surface area contributed by atoms with Crippen molar-refractivity contribution in [1.82, 2.24) is 30.1 Å². The minimum atomic E-state index is -0.534. The minimum Gasteiger partial charge on any atom is -0.395 e. The van der Waals surface area contributed by atoms with Gasteiger partial charge in [-0.15, -0.1) is 0 Å². The third-order valence-corrected chi connectivity index (χ3v) is 7.79. The molecule has 2 aromatic heterocycles. The molecule has 206 valence electrons. The first-order chi connectivity index (χ1) is 18.2. The summed E-state index contributed by atoms with van der Waals surface area (Å²) >= 11 is 18.4. The van der Waals surface area contributed by atoms with Gasteiger partial charge in [0.25, 0.3) is 11.8 Å². The summed E-state index contributed by atoms with van der Waals surface area (Å²) in [6, 6.07) is 3.78. The number of pyridine rings is 1. The summed E-state index contributed by atoms with van der Waals surface area (Å²) in [6.45, 7) is 5.44. The van der Waals surface area contributed by atoms with Crippen molar-refractivity contribution in [1.29, 1.82) is 0 Å². The standard InChI is InChI=1S/C24H31Cl3N8O3/c1-2-14-13-34(22-20(27)31-18(21(28)32-22)23(37)29-7-12-36)10-11-35(14)15-5-8-33(9-6-15)24(38)16-3-4-17(25)30-19(16)26/h3-4,14-15,36H,2,5-13H2,1H3,(H2,28,32)(H,29,37)/t14-/m0/s1. The second kappa shape index (κ2) is 12.6. The Morgan fingerprint density at radius 1 is 1.08 bits per heavy atom. The molecule has 0 aromatic carbocycles. The number of aromatic nitrogens is 3. The number of piperazine rings is 1. The highest BCUT2D eigenvalue weighted by Crippen LogP contribution is 2.30. The normalized spacial score (nSPS) is 19.0. The molecule has 2 aliphatic heterocycles. The molecule has 4 rings (SSSR count). The quantitative estimate of drug-likeness (QED) is 0.418. The molecule has 2 aromatic rings. The maximum absolute atomic E-state index is 13.0. The number of amides is 2. The summed E-state index contributed by atoms with van der Waals surface area (Å²) in [7, 11) is 0. The zero-order valence-corrected chi connectivity index (χ0v) is 23.3. The highest BCUT2D eigenvalue weighted by molar-refractivity contribution is 6.34. The topological polar surface area (TPSA) is 141 Å². The molecule has 0 spiro atoms. The predicted molar refractivity (Wildman–Crippen MR) is 147 cm³/mol. The van der Waals surface area contributed by atoms with Crippen LogP contribution in [0.15, 0.2) is 12.1 Å². The van der Waals surface area contributed by atoms with Crippen molar-refractivity contribution >= 4 is 58.3 Å². The van der Waals surface area contributed by atoms with Crippen LogP contribution in [0, 0.1) is 0 Å². The van der Waals surface area contributed by atoms with E-state index in [0.29, 0.717) is 43.6 Å². The van der Waals surface area contributed by atoms with Gasteiger partial charge < -0.3 is 26.0 Å². The van der Waals surface area contributed by atoms with Crippen LogP contribution in [-0.4, -0.2) is 99.6 Å². The number of aliphatic hydroxyl groups is 1. The Morgan fingerprint density at radius 3 is 2.47 bits per heavy atom. The van der Waals surface area contributed by atoms with Crippen LogP contribution < -0.4 is 16.0 Å². The lowest BCUT2D eigenvalue weighted by Gasteiger charge is -2.47. The van der Waals surface area contributed by atoms with Crippen LogP contribution in [0.2, 0.25) is 15.5 Å². The van der Waals surface area contributed by atoms with Gasteiger partial charge in [-0.05, 0) is 31.4 Å². The van der Waals surface area contributed by atoms with Crippen molar-refractivity contribution < 1.29 is 14.7 Å². The molecule has 4 N–H and O–H groups in total. The lowest BCUT2D eigenvalue weighted by Crippen LogP contribution is -2.58. The number of aliphatic hydroxyl groups excluding tert-OH is 1. The lowest BCUT2D eigenvalue weighted by atomic mass is 9.98. The number of hydrogen-bond donors (Lipinski definition) is 3. The van der Waals surface area contributed by atoms with Crippen molar-refractivity contribution in [3.05, 3.63) is 38.8 Å². The van der Waals surface area contributed by atoms with Crippen LogP contribution in [-0.2, 0) is 0 Å². The van der Waals surface area contributed by atoms with Crippen LogP contribution in [0.3, 0.4) is 0 Å². The minimum absolute atomic E-state index is 0.0108. The molecule has 2 fully saturated rings. The average molecular weight is 586 g/mol. The number of rotatable bonds is 7. The smallest absolute Gasteiger partial charge is 0.273 e. The summed E-state index contributed by atoms with van der Waals surface area (Å²) in [5.41, 5.74) is 6.34. The van der Waals surface area contributed by atoms with E-state index >= 15 is 0 Å². The summed E-state index contributed by atoms with van der Waals surface area (Å²) in [5, 5.41) is 11.9. The van der Waals surface area contributed by atoms with E-state index in [4.69, 9.17) is 45.6 Å². The van der Waals surface area contributed by atoms with Gasteiger partial charge in [0.1, 0.15) is 10.3 Å². The molecule has 14 heteroatoms. The Hall–Kier alpha value is -2.44. The number of halogens is 3. The van der Waals surface area contributed by atoms with Crippen molar-refractivity contribution in [2.24, 2.45) is 0 Å². The number of nitrogens with zero attached hydrogens (tertiary/aromatic N) is 6. The first-order valence-corrected chi connectivity index (χ1v) is 13.7. The van der Waals surface area contributed by atoms with E-state index in [0.717, 1.165) is 25.8 Å². The maximum Gasteiger partial charge on any atom is 0.273 e. The Kier molecular flexibility index (Phi) is 9.48. The zero-order chi connectivity index (χ0) is 27.4. The second-order valence-electron chi connectivity index (χ2n) is 9.29. The fourth-order valence-corrected chi connectivity index (χ4v) is 5.76. The van der Waals surface area contributed by atoms with Gasteiger partial charge >= 0.3 is 0 Å². The van der Waals surface area contributed by atoms with E-state index in [1.807, 2.05) is 4.90 Å². The first-order valence-electron chi connectivity index (χ1n) is 12.6. The molecule has 0 unspecified atom stereocenters. The van der Waals surface area contributed by atoms with Crippen molar-refractivity contribution in [2.45, 2.75) is 38.3 Å². The number of nitrogens with two attached hydrogens (primary N) is 1. The largest absolute Gasteiger partial charge is 0.395 e. The zero-order valence-electron chi connectivity index (χ0n) is 21.0. The molecule has 4 heterocycles. The molecule has 0 aliphatic carbocycles. The summed E-state index contributed by atoms with van der Waals surface area (Å²) in [6.07, 6.45) is 2.63. The van der Waals surface area contributed by atoms with Gasteiger partial charge in [-0.3, -0.25) is 14.5 Å². The summed E-state index contributed by atoms with van der Waals surface area (Å²) < 4.78 is 0. The summed E-state index contributed by atoms with van der Waals surface area (Å²) in [5.74, 6) is -0.222. The number of carbonyl (C=O) groups is 2. The van der Waals surface area contributed by atoms with E-state index in [1.165, 1.54) is 0 Å². The Morgan fingerprint density at radius 2 is 1.82 bits per heavy atom. The fraction of sp³-hybridized carbons (Fsp3) is 0.542. The van der Waals surface area contributed by atoms with Gasteiger partial charge in [-0.2, -0.15) is 0 Å². The van der Waals surface area contributed by atoms with E-state index in [1.54, 1.807) is 12.1 Å². The third kappa shape index (κ3) is 6.23. The van der Waals surface area contributed by atoms with Gasteiger partial charge in [0.15, 0.2) is 22.5 Å². The lowest BCUT2D eigenvalue weighted by molar-refractivity contribution is 0.0490. The molecule has 38 heavy (non-hydrogen) atoms.